The molecule has 1 aromatic rings. The second-order valence-electron chi connectivity index (χ2n) is 4.96. The predicted octanol–water partition coefficient (Wildman–Crippen LogP) is 4.26. The van der Waals surface area contributed by atoms with E-state index in [4.69, 9.17) is 0 Å². The zero-order valence-electron chi connectivity index (χ0n) is 11.6. The van der Waals surface area contributed by atoms with E-state index in [1.54, 1.807) is 12.1 Å². The number of rotatable bonds is 8. The Hall–Kier alpha value is -0.540. The third-order valence-corrected chi connectivity index (χ3v) is 4.13. The lowest BCUT2D eigenvalue weighted by atomic mass is 10.1. The van der Waals surface area contributed by atoms with Crippen LogP contribution in [0.4, 0.5) is 4.39 Å². The van der Waals surface area contributed by atoms with Crippen LogP contribution < -0.4 is 5.32 Å². The van der Waals surface area contributed by atoms with Crippen LogP contribution in [0.1, 0.15) is 38.8 Å². The van der Waals surface area contributed by atoms with E-state index in [2.05, 4.69) is 26.1 Å². The van der Waals surface area contributed by atoms with E-state index in [1.165, 1.54) is 0 Å². The average molecular weight is 269 g/mol. The lowest BCUT2D eigenvalue weighted by Gasteiger charge is -2.19. The van der Waals surface area contributed by atoms with Crippen LogP contribution >= 0.6 is 11.8 Å². The van der Waals surface area contributed by atoms with Crippen LogP contribution in [0, 0.1) is 11.7 Å². The molecule has 3 heteroatoms. The summed E-state index contributed by atoms with van der Waals surface area (Å²) in [5.74, 6) is 2.64. The largest absolute Gasteiger partial charge is 0.309 e. The first-order valence-corrected chi connectivity index (χ1v) is 7.86. The second-order valence-corrected chi connectivity index (χ2v) is 6.03. The first-order chi connectivity index (χ1) is 8.65. The molecule has 0 radical (unpaired) electrons. The fourth-order valence-corrected chi connectivity index (χ4v) is 2.90. The summed E-state index contributed by atoms with van der Waals surface area (Å²) in [7, 11) is 0. The molecule has 0 spiro atoms. The van der Waals surface area contributed by atoms with E-state index in [1.807, 2.05) is 23.9 Å². The van der Waals surface area contributed by atoms with Crippen molar-refractivity contribution in [2.24, 2.45) is 5.92 Å². The van der Waals surface area contributed by atoms with Gasteiger partial charge in [0.2, 0.25) is 0 Å². The highest BCUT2D eigenvalue weighted by Gasteiger charge is 2.14. The maximum atomic E-state index is 13.8. The van der Waals surface area contributed by atoms with Crippen LogP contribution in [0.5, 0.6) is 0 Å². The minimum Gasteiger partial charge on any atom is -0.309 e. The molecule has 0 saturated heterocycles. The molecule has 0 heterocycles. The zero-order chi connectivity index (χ0) is 13.4. The Kier molecular flexibility index (Phi) is 7.36. The molecule has 0 aliphatic rings. The molecular weight excluding hydrogens is 245 g/mol. The van der Waals surface area contributed by atoms with Crippen LogP contribution in [-0.2, 0) is 0 Å². The summed E-state index contributed by atoms with van der Waals surface area (Å²) in [6.45, 7) is 7.49. The van der Waals surface area contributed by atoms with Crippen molar-refractivity contribution in [3.05, 3.63) is 35.6 Å². The van der Waals surface area contributed by atoms with Gasteiger partial charge in [-0.2, -0.15) is 11.8 Å². The molecule has 0 aromatic heterocycles. The maximum absolute atomic E-state index is 13.8. The summed E-state index contributed by atoms with van der Waals surface area (Å²) < 4.78 is 13.8. The Morgan fingerprint density at radius 2 is 1.94 bits per heavy atom. The Morgan fingerprint density at radius 3 is 2.56 bits per heavy atom. The molecule has 1 unspecified atom stereocenters. The van der Waals surface area contributed by atoms with Crippen LogP contribution in [0.25, 0.3) is 0 Å². The van der Waals surface area contributed by atoms with E-state index >= 15 is 0 Å². The van der Waals surface area contributed by atoms with Gasteiger partial charge >= 0.3 is 0 Å². The van der Waals surface area contributed by atoms with Crippen molar-refractivity contribution in [2.45, 2.75) is 33.2 Å². The number of hydrogen-bond acceptors (Lipinski definition) is 2. The highest BCUT2D eigenvalue weighted by atomic mass is 32.2. The molecule has 1 atom stereocenters. The van der Waals surface area contributed by atoms with Crippen molar-refractivity contribution in [1.82, 2.24) is 5.32 Å². The van der Waals surface area contributed by atoms with Gasteiger partial charge in [-0.1, -0.05) is 39.0 Å². The normalized spacial score (nSPS) is 12.9. The SMILES string of the molecule is CCCNC(CSCC(C)C)c1ccccc1F. The smallest absolute Gasteiger partial charge is 0.128 e. The molecular formula is C15H24FNS. The van der Waals surface area contributed by atoms with Crippen LogP contribution in [-0.4, -0.2) is 18.1 Å². The molecule has 0 aliphatic heterocycles. The Bertz CT molecular complexity index is 341. The Labute approximate surface area is 115 Å². The quantitative estimate of drug-likeness (QED) is 0.757. The third-order valence-electron chi connectivity index (χ3n) is 2.66. The van der Waals surface area contributed by atoms with Crippen molar-refractivity contribution >= 4 is 11.8 Å². The van der Waals surface area contributed by atoms with Crippen LogP contribution in [0.2, 0.25) is 0 Å². The summed E-state index contributed by atoms with van der Waals surface area (Å²) >= 11 is 1.89. The minimum absolute atomic E-state index is 0.101. The molecule has 0 saturated carbocycles. The lowest BCUT2D eigenvalue weighted by molar-refractivity contribution is 0.532. The number of halogens is 1. The number of benzene rings is 1. The summed E-state index contributed by atoms with van der Waals surface area (Å²) in [6.07, 6.45) is 1.07. The lowest BCUT2D eigenvalue weighted by Crippen LogP contribution is -2.25. The maximum Gasteiger partial charge on any atom is 0.128 e. The van der Waals surface area contributed by atoms with Gasteiger partial charge in [-0.15, -0.1) is 0 Å². The molecule has 102 valence electrons. The third kappa shape index (κ3) is 5.40. The van der Waals surface area contributed by atoms with E-state index in [9.17, 15) is 4.39 Å². The fraction of sp³-hybridized carbons (Fsp3) is 0.600. The van der Waals surface area contributed by atoms with Gasteiger partial charge in [0.1, 0.15) is 5.82 Å². The highest BCUT2D eigenvalue weighted by molar-refractivity contribution is 7.99. The van der Waals surface area contributed by atoms with E-state index < -0.39 is 0 Å². The fourth-order valence-electron chi connectivity index (χ4n) is 1.76. The van der Waals surface area contributed by atoms with Gasteiger partial charge < -0.3 is 5.32 Å². The summed E-state index contributed by atoms with van der Waals surface area (Å²) in [5, 5.41) is 3.44. The molecule has 1 aromatic carbocycles. The molecule has 0 fully saturated rings. The summed E-state index contributed by atoms with van der Waals surface area (Å²) in [5.41, 5.74) is 0.794. The molecule has 1 N–H and O–H groups in total. The van der Waals surface area contributed by atoms with E-state index in [-0.39, 0.29) is 11.9 Å². The zero-order valence-corrected chi connectivity index (χ0v) is 12.4. The molecule has 18 heavy (non-hydrogen) atoms. The van der Waals surface area contributed by atoms with Gasteiger partial charge in [-0.3, -0.25) is 0 Å². The van der Waals surface area contributed by atoms with Gasteiger partial charge in [-0.25, -0.2) is 4.39 Å². The highest BCUT2D eigenvalue weighted by Crippen LogP contribution is 2.22. The second kappa shape index (κ2) is 8.54. The minimum atomic E-state index is -0.101. The average Bonchev–Trinajstić information content (AvgIpc) is 2.34. The summed E-state index contributed by atoms with van der Waals surface area (Å²) in [4.78, 5) is 0. The molecule has 0 bridgehead atoms. The molecule has 0 aliphatic carbocycles. The Balaban J connectivity index is 2.62. The predicted molar refractivity (Wildman–Crippen MR) is 79.6 cm³/mol. The van der Waals surface area contributed by atoms with Crippen LogP contribution in [0.15, 0.2) is 24.3 Å². The number of hydrogen-bond donors (Lipinski definition) is 1. The van der Waals surface area contributed by atoms with Gasteiger partial charge in [0.15, 0.2) is 0 Å². The first kappa shape index (κ1) is 15.5. The van der Waals surface area contributed by atoms with Crippen LogP contribution in [0.3, 0.4) is 0 Å². The summed E-state index contributed by atoms with van der Waals surface area (Å²) in [6, 6.07) is 7.21. The van der Waals surface area contributed by atoms with Crippen molar-refractivity contribution in [1.29, 1.82) is 0 Å². The number of thioether (sulfide) groups is 1. The van der Waals surface area contributed by atoms with Gasteiger partial charge in [0.05, 0.1) is 0 Å². The molecule has 1 rings (SSSR count). The monoisotopic (exact) mass is 269 g/mol. The van der Waals surface area contributed by atoms with E-state index in [0.717, 1.165) is 30.0 Å². The van der Waals surface area contributed by atoms with Gasteiger partial charge in [0.25, 0.3) is 0 Å². The van der Waals surface area contributed by atoms with Crippen molar-refractivity contribution in [3.63, 3.8) is 0 Å². The number of nitrogens with one attached hydrogen (secondary N) is 1. The topological polar surface area (TPSA) is 12.0 Å². The molecule has 0 amide bonds. The molecule has 1 nitrogen and oxygen atoms in total. The van der Waals surface area contributed by atoms with E-state index in [0.29, 0.717) is 5.92 Å². The standard InChI is InChI=1S/C15H24FNS/c1-4-9-17-15(11-18-10-12(2)3)13-7-5-6-8-14(13)16/h5-8,12,15,17H,4,9-11H2,1-3H3. The van der Waals surface area contributed by atoms with Crippen molar-refractivity contribution < 1.29 is 4.39 Å². The van der Waals surface area contributed by atoms with Gasteiger partial charge in [0, 0.05) is 17.4 Å². The first-order valence-electron chi connectivity index (χ1n) is 6.70. The van der Waals surface area contributed by atoms with Gasteiger partial charge in [-0.05, 0) is 30.7 Å². The van der Waals surface area contributed by atoms with Crippen molar-refractivity contribution in [3.8, 4) is 0 Å². The Morgan fingerprint density at radius 1 is 1.22 bits per heavy atom. The van der Waals surface area contributed by atoms with Crippen molar-refractivity contribution in [2.75, 3.05) is 18.1 Å².